The summed E-state index contributed by atoms with van der Waals surface area (Å²) in [5.74, 6) is 2.68. The van der Waals surface area contributed by atoms with Gasteiger partial charge in [0.15, 0.2) is 17.1 Å². The minimum atomic E-state index is 0.142. The Morgan fingerprint density at radius 2 is 1.77 bits per heavy atom. The number of fused-ring (bicyclic) bond motifs is 1. The zero-order valence-electron chi connectivity index (χ0n) is 20.5. The highest BCUT2D eigenvalue weighted by molar-refractivity contribution is 5.87. The highest BCUT2D eigenvalue weighted by Crippen LogP contribution is 2.29. The maximum absolute atomic E-state index is 13.0. The number of likely N-dealkylation sites (tertiary alicyclic amines) is 1. The fraction of sp³-hybridized carbons (Fsp3) is 0.520. The van der Waals surface area contributed by atoms with Gasteiger partial charge in [0.2, 0.25) is 5.91 Å². The fourth-order valence-corrected chi connectivity index (χ4v) is 4.85. The second-order valence-electron chi connectivity index (χ2n) is 9.04. The van der Waals surface area contributed by atoms with Gasteiger partial charge >= 0.3 is 0 Å². The van der Waals surface area contributed by atoms with Crippen LogP contribution in [-0.4, -0.2) is 94.0 Å². The van der Waals surface area contributed by atoms with Crippen LogP contribution in [0, 0.1) is 0 Å². The minimum Gasteiger partial charge on any atom is -0.490 e. The molecule has 2 aliphatic heterocycles. The number of piperazine rings is 1. The highest BCUT2D eigenvalue weighted by atomic mass is 16.5. The molecule has 0 radical (unpaired) electrons. The SMILES string of the molecule is CCOc1ccccc1OC1CCN(CC(=O)N2CCN(c3ncnc4c3cnn4C)CC2)CC1. The smallest absolute Gasteiger partial charge is 0.236 e. The summed E-state index contributed by atoms with van der Waals surface area (Å²) in [5.41, 5.74) is 0.822. The van der Waals surface area contributed by atoms with Crippen molar-refractivity contribution in [2.75, 3.05) is 57.3 Å². The fourth-order valence-electron chi connectivity index (χ4n) is 4.85. The Morgan fingerprint density at radius 1 is 1.03 bits per heavy atom. The normalized spacial score (nSPS) is 17.7. The second-order valence-corrected chi connectivity index (χ2v) is 9.04. The molecule has 2 aliphatic rings. The van der Waals surface area contributed by atoms with Crippen LogP contribution in [0.1, 0.15) is 19.8 Å². The van der Waals surface area contributed by atoms with Gasteiger partial charge in [0.05, 0.1) is 24.7 Å². The maximum Gasteiger partial charge on any atom is 0.236 e. The van der Waals surface area contributed by atoms with Gasteiger partial charge in [-0.3, -0.25) is 14.4 Å². The Balaban J connectivity index is 1.09. The number of aromatic nitrogens is 4. The van der Waals surface area contributed by atoms with Crippen molar-refractivity contribution in [2.24, 2.45) is 7.05 Å². The van der Waals surface area contributed by atoms with E-state index in [0.29, 0.717) is 26.2 Å². The van der Waals surface area contributed by atoms with Crippen molar-refractivity contribution in [2.45, 2.75) is 25.9 Å². The lowest BCUT2D eigenvalue weighted by Crippen LogP contribution is -2.52. The van der Waals surface area contributed by atoms with Crippen molar-refractivity contribution in [3.63, 3.8) is 0 Å². The molecule has 0 N–H and O–H groups in total. The van der Waals surface area contributed by atoms with E-state index in [4.69, 9.17) is 9.47 Å². The topological polar surface area (TPSA) is 88.8 Å². The second kappa shape index (κ2) is 10.5. The highest BCUT2D eigenvalue weighted by Gasteiger charge is 2.27. The third-order valence-corrected chi connectivity index (χ3v) is 6.78. The number of amides is 1. The molecule has 3 aromatic rings. The number of hydrogen-bond acceptors (Lipinski definition) is 8. The van der Waals surface area contributed by atoms with Crippen molar-refractivity contribution in [1.29, 1.82) is 0 Å². The van der Waals surface area contributed by atoms with Crippen molar-refractivity contribution in [1.82, 2.24) is 29.5 Å². The number of aryl methyl sites for hydroxylation is 1. The number of carbonyl (C=O) groups excluding carboxylic acids is 1. The van der Waals surface area contributed by atoms with Gasteiger partial charge in [0.25, 0.3) is 0 Å². The number of carbonyl (C=O) groups is 1. The first-order valence-corrected chi connectivity index (χ1v) is 12.4. The van der Waals surface area contributed by atoms with Crippen molar-refractivity contribution < 1.29 is 14.3 Å². The van der Waals surface area contributed by atoms with Crippen molar-refractivity contribution in [3.8, 4) is 11.5 Å². The van der Waals surface area contributed by atoms with E-state index < -0.39 is 0 Å². The third kappa shape index (κ3) is 5.17. The molecule has 0 spiro atoms. The summed E-state index contributed by atoms with van der Waals surface area (Å²) in [5, 5.41) is 5.25. The lowest BCUT2D eigenvalue weighted by Gasteiger charge is -2.37. The molecular formula is C25H33N7O3. The molecule has 4 heterocycles. The lowest BCUT2D eigenvalue weighted by atomic mass is 10.1. The Kier molecular flexibility index (Phi) is 6.98. The quantitative estimate of drug-likeness (QED) is 0.508. The first-order valence-electron chi connectivity index (χ1n) is 12.4. The predicted octanol–water partition coefficient (Wildman–Crippen LogP) is 1.95. The number of hydrogen-bond donors (Lipinski definition) is 0. The van der Waals surface area contributed by atoms with Gasteiger partial charge in [-0.2, -0.15) is 5.10 Å². The summed E-state index contributed by atoms with van der Waals surface area (Å²) in [6.07, 6.45) is 5.33. The molecule has 0 unspecified atom stereocenters. The third-order valence-electron chi connectivity index (χ3n) is 6.78. The van der Waals surface area contributed by atoms with E-state index in [0.717, 1.165) is 67.4 Å². The van der Waals surface area contributed by atoms with E-state index in [1.807, 2.05) is 49.3 Å². The van der Waals surface area contributed by atoms with Gasteiger partial charge in [-0.05, 0) is 31.9 Å². The molecule has 0 bridgehead atoms. The molecule has 35 heavy (non-hydrogen) atoms. The van der Waals surface area contributed by atoms with Crippen molar-refractivity contribution >= 4 is 22.8 Å². The molecule has 186 valence electrons. The van der Waals surface area contributed by atoms with Crippen LogP contribution in [-0.2, 0) is 11.8 Å². The van der Waals surface area contributed by atoms with Crippen LogP contribution in [0.4, 0.5) is 5.82 Å². The van der Waals surface area contributed by atoms with E-state index in [-0.39, 0.29) is 12.0 Å². The van der Waals surface area contributed by atoms with Gasteiger partial charge < -0.3 is 19.3 Å². The zero-order chi connectivity index (χ0) is 24.2. The standard InChI is InChI=1S/C25H33N7O3/c1-3-34-21-6-4-5-7-22(21)35-19-8-10-30(11-9-19)17-23(33)31-12-14-32(15-13-31)25-20-16-28-29(2)24(20)26-18-27-25/h4-7,16,18-19H,3,8-15,17H2,1-2H3. The van der Waals surface area contributed by atoms with E-state index in [1.165, 1.54) is 0 Å². The number of piperidine rings is 1. The molecule has 5 rings (SSSR count). The molecule has 0 saturated carbocycles. The Hall–Kier alpha value is -3.40. The van der Waals surface area contributed by atoms with E-state index in [1.54, 1.807) is 11.0 Å². The van der Waals surface area contributed by atoms with E-state index >= 15 is 0 Å². The maximum atomic E-state index is 13.0. The lowest BCUT2D eigenvalue weighted by molar-refractivity contribution is -0.133. The molecule has 2 aromatic heterocycles. The number of nitrogens with zero attached hydrogens (tertiary/aromatic N) is 7. The van der Waals surface area contributed by atoms with Crippen LogP contribution in [0.15, 0.2) is 36.8 Å². The molecular weight excluding hydrogens is 446 g/mol. The Morgan fingerprint density at radius 3 is 2.51 bits per heavy atom. The summed E-state index contributed by atoms with van der Waals surface area (Å²) in [7, 11) is 1.88. The van der Waals surface area contributed by atoms with Crippen LogP contribution in [0.3, 0.4) is 0 Å². The number of anilines is 1. The summed E-state index contributed by atoms with van der Waals surface area (Å²) >= 11 is 0. The van der Waals surface area contributed by atoms with Gasteiger partial charge in [-0.1, -0.05) is 12.1 Å². The number of para-hydroxylation sites is 2. The zero-order valence-corrected chi connectivity index (χ0v) is 20.5. The summed E-state index contributed by atoms with van der Waals surface area (Å²) in [6, 6.07) is 7.83. The average Bonchev–Trinajstić information content (AvgIpc) is 3.27. The van der Waals surface area contributed by atoms with Crippen LogP contribution in [0.25, 0.3) is 11.0 Å². The number of ether oxygens (including phenoxy) is 2. The van der Waals surface area contributed by atoms with Crippen molar-refractivity contribution in [3.05, 3.63) is 36.8 Å². The Labute approximate surface area is 205 Å². The molecule has 0 atom stereocenters. The summed E-state index contributed by atoms with van der Waals surface area (Å²) < 4.78 is 13.7. The van der Waals surface area contributed by atoms with E-state index in [9.17, 15) is 4.79 Å². The monoisotopic (exact) mass is 479 g/mol. The minimum absolute atomic E-state index is 0.142. The predicted molar refractivity (Wildman–Crippen MR) is 133 cm³/mol. The van der Waals surface area contributed by atoms with Gasteiger partial charge in [0.1, 0.15) is 18.2 Å². The Bertz CT molecular complexity index is 1150. The average molecular weight is 480 g/mol. The summed E-state index contributed by atoms with van der Waals surface area (Å²) in [4.78, 5) is 28.2. The molecule has 0 aliphatic carbocycles. The van der Waals surface area contributed by atoms with Gasteiger partial charge in [0, 0.05) is 46.3 Å². The first kappa shape index (κ1) is 23.3. The number of benzene rings is 1. The molecule has 2 saturated heterocycles. The molecule has 10 nitrogen and oxygen atoms in total. The molecule has 2 fully saturated rings. The summed E-state index contributed by atoms with van der Waals surface area (Å²) in [6.45, 7) is 7.65. The van der Waals surface area contributed by atoms with Crippen LogP contribution in [0.2, 0.25) is 0 Å². The molecule has 1 aromatic carbocycles. The number of rotatable bonds is 7. The van der Waals surface area contributed by atoms with Crippen LogP contribution in [0.5, 0.6) is 11.5 Å². The molecule has 1 amide bonds. The van der Waals surface area contributed by atoms with Gasteiger partial charge in [-0.25, -0.2) is 9.97 Å². The van der Waals surface area contributed by atoms with Crippen LogP contribution < -0.4 is 14.4 Å². The van der Waals surface area contributed by atoms with Crippen LogP contribution >= 0.6 is 0 Å². The largest absolute Gasteiger partial charge is 0.490 e. The first-order chi connectivity index (χ1) is 17.1. The van der Waals surface area contributed by atoms with Gasteiger partial charge in [-0.15, -0.1) is 0 Å². The van der Waals surface area contributed by atoms with E-state index in [2.05, 4.69) is 24.9 Å². The molecule has 10 heteroatoms.